The maximum Gasteiger partial charge on any atom is 0.0795 e. The molecule has 1 N–H and O–H groups in total. The molecule has 2 nitrogen and oxygen atoms in total. The van der Waals surface area contributed by atoms with Gasteiger partial charge < -0.3 is 10.1 Å². The third kappa shape index (κ3) is 4.62. The summed E-state index contributed by atoms with van der Waals surface area (Å²) in [6.45, 7) is 2.16. The van der Waals surface area contributed by atoms with Crippen molar-refractivity contribution in [1.82, 2.24) is 5.32 Å². The van der Waals surface area contributed by atoms with Crippen molar-refractivity contribution in [3.8, 4) is 0 Å². The van der Waals surface area contributed by atoms with Crippen molar-refractivity contribution >= 4 is 23.5 Å². The number of rotatable bonds is 7. The van der Waals surface area contributed by atoms with E-state index in [0.717, 1.165) is 6.61 Å². The lowest BCUT2D eigenvalue weighted by atomic mass is 9.90. The average molecular weight is 290 g/mol. The zero-order chi connectivity index (χ0) is 12.7. The lowest BCUT2D eigenvalue weighted by Crippen LogP contribution is -2.47. The van der Waals surface area contributed by atoms with E-state index in [1.807, 2.05) is 11.8 Å². The van der Waals surface area contributed by atoms with Gasteiger partial charge in [0.1, 0.15) is 0 Å². The molecule has 106 valence electrons. The molecule has 0 radical (unpaired) electrons. The fraction of sp³-hybridized carbons (Fsp3) is 1.00. The van der Waals surface area contributed by atoms with Gasteiger partial charge in [0.05, 0.1) is 5.60 Å². The summed E-state index contributed by atoms with van der Waals surface area (Å²) >= 11 is 4.02. The molecule has 4 heteroatoms. The second-order valence-electron chi connectivity index (χ2n) is 5.53. The van der Waals surface area contributed by atoms with E-state index in [9.17, 15) is 0 Å². The first-order valence-corrected chi connectivity index (χ1v) is 9.84. The molecule has 0 amide bonds. The molecular weight excluding hydrogens is 262 g/mol. The van der Waals surface area contributed by atoms with Gasteiger partial charge in [-0.1, -0.05) is 6.42 Å². The Kier molecular flexibility index (Phi) is 6.70. The summed E-state index contributed by atoms with van der Waals surface area (Å²) in [5, 5.41) is 3.75. The van der Waals surface area contributed by atoms with Crippen LogP contribution in [0.4, 0.5) is 0 Å². The van der Waals surface area contributed by atoms with Crippen molar-refractivity contribution in [2.24, 2.45) is 0 Å². The molecule has 2 atom stereocenters. The van der Waals surface area contributed by atoms with Crippen LogP contribution >= 0.6 is 23.5 Å². The molecule has 18 heavy (non-hydrogen) atoms. The number of hydrogen-bond acceptors (Lipinski definition) is 4. The zero-order valence-corrected chi connectivity index (χ0v) is 13.2. The molecule has 2 aliphatic heterocycles. The van der Waals surface area contributed by atoms with Crippen LogP contribution in [0.3, 0.4) is 0 Å². The Morgan fingerprint density at radius 1 is 1.39 bits per heavy atom. The number of thioether (sulfide) groups is 2. The zero-order valence-electron chi connectivity index (χ0n) is 11.6. The van der Waals surface area contributed by atoms with Crippen LogP contribution in [0, 0.1) is 0 Å². The van der Waals surface area contributed by atoms with Crippen LogP contribution in [0.1, 0.15) is 38.5 Å². The van der Waals surface area contributed by atoms with E-state index in [-0.39, 0.29) is 5.60 Å². The minimum atomic E-state index is 0.236. The van der Waals surface area contributed by atoms with Gasteiger partial charge in [0.2, 0.25) is 0 Å². The summed E-state index contributed by atoms with van der Waals surface area (Å²) in [5.41, 5.74) is 0.236. The van der Waals surface area contributed by atoms with Gasteiger partial charge >= 0.3 is 0 Å². The molecule has 2 unspecified atom stereocenters. The van der Waals surface area contributed by atoms with Crippen LogP contribution in [0.15, 0.2) is 0 Å². The van der Waals surface area contributed by atoms with Crippen molar-refractivity contribution in [3.05, 3.63) is 0 Å². The van der Waals surface area contributed by atoms with E-state index in [1.54, 1.807) is 0 Å². The summed E-state index contributed by atoms with van der Waals surface area (Å²) < 4.78 is 6.05. The highest BCUT2D eigenvalue weighted by atomic mass is 32.2. The molecule has 0 aliphatic carbocycles. The standard InChI is InChI=1S/C14H27NOS2/c1-17-9-4-2-3-7-15-13-5-8-16-14(11-13)6-10-18-12-14/h13,15H,2-12H2,1H3. The first-order chi connectivity index (χ1) is 8.85. The maximum absolute atomic E-state index is 6.05. The largest absolute Gasteiger partial charge is 0.374 e. The van der Waals surface area contributed by atoms with E-state index >= 15 is 0 Å². The second kappa shape index (κ2) is 8.03. The smallest absolute Gasteiger partial charge is 0.0795 e. The number of unbranched alkanes of at least 4 members (excludes halogenated alkanes) is 2. The van der Waals surface area contributed by atoms with Crippen molar-refractivity contribution in [1.29, 1.82) is 0 Å². The van der Waals surface area contributed by atoms with Crippen LogP contribution < -0.4 is 5.32 Å². The van der Waals surface area contributed by atoms with Crippen molar-refractivity contribution in [2.45, 2.75) is 50.2 Å². The quantitative estimate of drug-likeness (QED) is 0.727. The molecule has 0 aromatic carbocycles. The highest BCUT2D eigenvalue weighted by molar-refractivity contribution is 7.99. The van der Waals surface area contributed by atoms with Gasteiger partial charge in [-0.2, -0.15) is 23.5 Å². The summed E-state index contributed by atoms with van der Waals surface area (Å²) in [6, 6.07) is 0.706. The lowest BCUT2D eigenvalue weighted by molar-refractivity contribution is -0.0700. The van der Waals surface area contributed by atoms with Gasteiger partial charge in [-0.15, -0.1) is 0 Å². The van der Waals surface area contributed by atoms with Crippen LogP contribution in [0.2, 0.25) is 0 Å². The predicted molar refractivity (Wildman–Crippen MR) is 83.9 cm³/mol. The number of hydrogen-bond donors (Lipinski definition) is 1. The summed E-state index contributed by atoms with van der Waals surface area (Å²) in [4.78, 5) is 0. The fourth-order valence-electron chi connectivity index (χ4n) is 2.92. The highest BCUT2D eigenvalue weighted by Gasteiger charge is 2.40. The molecular formula is C14H27NOS2. The molecule has 2 rings (SSSR count). The SMILES string of the molecule is CSCCCCCNC1CCOC2(CCSC2)C1. The Morgan fingerprint density at radius 3 is 3.11 bits per heavy atom. The summed E-state index contributed by atoms with van der Waals surface area (Å²) in [6.07, 6.45) is 9.99. The summed E-state index contributed by atoms with van der Waals surface area (Å²) in [5.74, 6) is 3.83. The van der Waals surface area contributed by atoms with E-state index in [2.05, 4.69) is 23.3 Å². The molecule has 0 aromatic heterocycles. The van der Waals surface area contributed by atoms with Gasteiger partial charge in [0, 0.05) is 18.4 Å². The number of nitrogens with one attached hydrogen (secondary N) is 1. The minimum Gasteiger partial charge on any atom is -0.374 e. The lowest BCUT2D eigenvalue weighted by Gasteiger charge is -2.38. The van der Waals surface area contributed by atoms with E-state index in [0.29, 0.717) is 6.04 Å². The molecule has 0 saturated carbocycles. The van der Waals surface area contributed by atoms with Gasteiger partial charge in [0.25, 0.3) is 0 Å². The summed E-state index contributed by atoms with van der Waals surface area (Å²) in [7, 11) is 0. The van der Waals surface area contributed by atoms with Gasteiger partial charge in [-0.25, -0.2) is 0 Å². The topological polar surface area (TPSA) is 21.3 Å². The van der Waals surface area contributed by atoms with Gasteiger partial charge in [-0.3, -0.25) is 0 Å². The van der Waals surface area contributed by atoms with E-state index in [4.69, 9.17) is 4.74 Å². The molecule has 2 aliphatic rings. The first-order valence-electron chi connectivity index (χ1n) is 7.29. The van der Waals surface area contributed by atoms with Crippen LogP contribution in [-0.2, 0) is 4.74 Å². The fourth-order valence-corrected chi connectivity index (χ4v) is 4.79. The Labute approximate surface area is 120 Å². The van der Waals surface area contributed by atoms with Crippen molar-refractivity contribution in [3.63, 3.8) is 0 Å². The van der Waals surface area contributed by atoms with Crippen LogP contribution in [0.25, 0.3) is 0 Å². The van der Waals surface area contributed by atoms with Gasteiger partial charge in [-0.05, 0) is 56.4 Å². The Bertz CT molecular complexity index is 232. The normalized spacial score (nSPS) is 32.2. The van der Waals surface area contributed by atoms with Crippen molar-refractivity contribution in [2.75, 3.05) is 36.7 Å². The molecule has 2 saturated heterocycles. The van der Waals surface area contributed by atoms with Gasteiger partial charge in [0.15, 0.2) is 0 Å². The average Bonchev–Trinajstić information content (AvgIpc) is 2.82. The molecule has 2 heterocycles. The van der Waals surface area contributed by atoms with E-state index < -0.39 is 0 Å². The Morgan fingerprint density at radius 2 is 2.33 bits per heavy atom. The van der Waals surface area contributed by atoms with Crippen LogP contribution in [0.5, 0.6) is 0 Å². The number of ether oxygens (including phenoxy) is 1. The Balaban J connectivity index is 1.58. The maximum atomic E-state index is 6.05. The monoisotopic (exact) mass is 289 g/mol. The minimum absolute atomic E-state index is 0.236. The molecule has 0 bridgehead atoms. The predicted octanol–water partition coefficient (Wildman–Crippen LogP) is 3.16. The molecule has 1 spiro atoms. The molecule has 0 aromatic rings. The van der Waals surface area contributed by atoms with E-state index in [1.165, 1.54) is 62.3 Å². The van der Waals surface area contributed by atoms with Crippen molar-refractivity contribution < 1.29 is 4.74 Å². The molecule has 2 fully saturated rings. The third-order valence-corrected chi connectivity index (χ3v) is 5.94. The second-order valence-corrected chi connectivity index (χ2v) is 7.62. The third-order valence-electron chi connectivity index (χ3n) is 4.02. The highest BCUT2D eigenvalue weighted by Crippen LogP contribution is 2.38. The Hall–Kier alpha value is 0.620. The first kappa shape index (κ1) is 15.0. The van der Waals surface area contributed by atoms with Crippen LogP contribution in [-0.4, -0.2) is 48.3 Å².